The van der Waals surface area contributed by atoms with Crippen molar-refractivity contribution in [3.63, 3.8) is 0 Å². The zero-order chi connectivity index (χ0) is 22.1. The molecule has 1 amide bonds. The fraction of sp³-hybridized carbons (Fsp3) is 0.292. The molecule has 1 aliphatic heterocycles. The van der Waals surface area contributed by atoms with Crippen molar-refractivity contribution in [3.05, 3.63) is 74.9 Å². The highest BCUT2D eigenvalue weighted by Crippen LogP contribution is 2.19. The zero-order valence-corrected chi connectivity index (χ0v) is 18.3. The van der Waals surface area contributed by atoms with Crippen LogP contribution in [0.3, 0.4) is 0 Å². The summed E-state index contributed by atoms with van der Waals surface area (Å²) in [5, 5.41) is 4.56. The van der Waals surface area contributed by atoms with Gasteiger partial charge in [0.2, 0.25) is 0 Å². The molecule has 0 spiro atoms. The molecule has 164 valence electrons. The number of aromatic nitrogens is 3. The Hall–Kier alpha value is -3.23. The van der Waals surface area contributed by atoms with E-state index in [1.165, 1.54) is 0 Å². The van der Waals surface area contributed by atoms with Gasteiger partial charge in [-0.05, 0) is 61.3 Å². The van der Waals surface area contributed by atoms with Crippen molar-refractivity contribution in [2.75, 3.05) is 13.2 Å². The Kier molecular flexibility index (Phi) is 5.63. The van der Waals surface area contributed by atoms with Crippen LogP contribution < -0.4 is 10.9 Å². The number of carbonyl (C=O) groups excluding carboxylic acids is 1. The molecule has 4 aromatic rings. The minimum absolute atomic E-state index is 0.0783. The van der Waals surface area contributed by atoms with E-state index in [0.717, 1.165) is 35.9 Å². The van der Waals surface area contributed by atoms with Crippen molar-refractivity contribution < 1.29 is 9.53 Å². The lowest BCUT2D eigenvalue weighted by Crippen LogP contribution is -2.31. The van der Waals surface area contributed by atoms with E-state index in [-0.39, 0.29) is 17.6 Å². The van der Waals surface area contributed by atoms with E-state index < -0.39 is 0 Å². The van der Waals surface area contributed by atoms with E-state index in [4.69, 9.17) is 17.0 Å². The van der Waals surface area contributed by atoms with Crippen LogP contribution in [-0.2, 0) is 17.7 Å². The molecule has 1 fully saturated rings. The first kappa shape index (κ1) is 20.7. The van der Waals surface area contributed by atoms with Gasteiger partial charge >= 0.3 is 0 Å². The van der Waals surface area contributed by atoms with Crippen LogP contribution in [0.2, 0.25) is 0 Å². The molecular formula is C24H24N4O3S. The lowest BCUT2D eigenvalue weighted by atomic mass is 10.1. The number of rotatable bonds is 6. The fourth-order valence-corrected chi connectivity index (χ4v) is 4.57. The maximum atomic E-state index is 13.1. The molecule has 1 unspecified atom stereocenters. The summed E-state index contributed by atoms with van der Waals surface area (Å²) < 4.78 is 7.47. The molecule has 0 saturated carbocycles. The second-order valence-corrected chi connectivity index (χ2v) is 8.49. The molecule has 2 aromatic heterocycles. The average Bonchev–Trinajstić information content (AvgIpc) is 3.47. The van der Waals surface area contributed by atoms with E-state index in [0.29, 0.717) is 40.7 Å². The third-order valence-corrected chi connectivity index (χ3v) is 6.36. The molecular weight excluding hydrogens is 424 g/mol. The molecule has 3 N–H and O–H groups in total. The Morgan fingerprint density at radius 3 is 2.91 bits per heavy atom. The maximum Gasteiger partial charge on any atom is 0.262 e. The number of aryl methyl sites for hydroxylation is 1. The minimum Gasteiger partial charge on any atom is -0.376 e. The number of hydrogen-bond donors (Lipinski definition) is 3. The van der Waals surface area contributed by atoms with Crippen molar-refractivity contribution in [1.29, 1.82) is 0 Å². The largest absolute Gasteiger partial charge is 0.376 e. The topological polar surface area (TPSA) is 91.9 Å². The number of nitrogens with zero attached hydrogens (tertiary/aromatic N) is 1. The first-order valence-electron chi connectivity index (χ1n) is 10.8. The van der Waals surface area contributed by atoms with Gasteiger partial charge in [0.1, 0.15) is 0 Å². The lowest BCUT2D eigenvalue weighted by molar-refractivity contribution is 0.0858. The summed E-state index contributed by atoms with van der Waals surface area (Å²) >= 11 is 5.47. The van der Waals surface area contributed by atoms with Crippen LogP contribution in [0.4, 0.5) is 0 Å². The van der Waals surface area contributed by atoms with Crippen LogP contribution >= 0.6 is 12.2 Å². The summed E-state index contributed by atoms with van der Waals surface area (Å²) in [6, 6.07) is 13.1. The zero-order valence-electron chi connectivity index (χ0n) is 17.5. The summed E-state index contributed by atoms with van der Waals surface area (Å²) in [5.41, 5.74) is 3.10. The van der Waals surface area contributed by atoms with Crippen molar-refractivity contribution >= 4 is 39.9 Å². The van der Waals surface area contributed by atoms with Gasteiger partial charge in [-0.2, -0.15) is 0 Å². The Labute approximate surface area is 189 Å². The van der Waals surface area contributed by atoms with Crippen molar-refractivity contribution in [2.45, 2.75) is 31.9 Å². The minimum atomic E-state index is -0.190. The number of amides is 1. The number of ether oxygens (including phenoxy) is 1. The van der Waals surface area contributed by atoms with Crippen LogP contribution in [0.25, 0.3) is 21.8 Å². The highest BCUT2D eigenvalue weighted by atomic mass is 32.1. The van der Waals surface area contributed by atoms with Gasteiger partial charge in [0.05, 0.1) is 17.0 Å². The molecule has 1 aliphatic rings. The highest BCUT2D eigenvalue weighted by molar-refractivity contribution is 7.71. The predicted octanol–water partition coefficient (Wildman–Crippen LogP) is 3.69. The van der Waals surface area contributed by atoms with E-state index in [9.17, 15) is 9.59 Å². The van der Waals surface area contributed by atoms with Crippen LogP contribution in [-0.4, -0.2) is 39.7 Å². The molecule has 0 radical (unpaired) electrons. The monoisotopic (exact) mass is 448 g/mol. The predicted molar refractivity (Wildman–Crippen MR) is 127 cm³/mol. The van der Waals surface area contributed by atoms with Gasteiger partial charge in [-0.1, -0.05) is 18.2 Å². The fourth-order valence-electron chi connectivity index (χ4n) is 4.28. The summed E-state index contributed by atoms with van der Waals surface area (Å²) in [6.07, 6.45) is 4.72. The van der Waals surface area contributed by atoms with Gasteiger partial charge in [-0.15, -0.1) is 0 Å². The summed E-state index contributed by atoms with van der Waals surface area (Å²) in [5.74, 6) is -0.190. The lowest BCUT2D eigenvalue weighted by Gasteiger charge is -2.12. The SMILES string of the molecule is O=C(NCC1CCCO1)c1ccc2c(=O)n(CCc3c[nH]c4ccccc34)c(=S)[nH]c2c1. The second-order valence-electron chi connectivity index (χ2n) is 8.10. The van der Waals surface area contributed by atoms with Gasteiger partial charge in [-0.25, -0.2) is 0 Å². The maximum absolute atomic E-state index is 13.1. The third-order valence-electron chi connectivity index (χ3n) is 6.04. The van der Waals surface area contributed by atoms with Crippen LogP contribution in [0.5, 0.6) is 0 Å². The molecule has 2 aromatic carbocycles. The Morgan fingerprint density at radius 2 is 2.06 bits per heavy atom. The number of aromatic amines is 2. The Bertz CT molecular complexity index is 1410. The normalized spacial score (nSPS) is 16.1. The Balaban J connectivity index is 1.37. The van der Waals surface area contributed by atoms with Gasteiger partial charge in [0, 0.05) is 42.4 Å². The Morgan fingerprint density at radius 1 is 1.19 bits per heavy atom. The first-order valence-corrected chi connectivity index (χ1v) is 11.2. The molecule has 5 rings (SSSR count). The first-order chi connectivity index (χ1) is 15.6. The smallest absolute Gasteiger partial charge is 0.262 e. The number of benzene rings is 2. The number of fused-ring (bicyclic) bond motifs is 2. The molecule has 0 bridgehead atoms. The number of H-pyrrole nitrogens is 2. The molecule has 7 nitrogen and oxygen atoms in total. The third kappa shape index (κ3) is 3.99. The molecule has 1 saturated heterocycles. The number of nitrogens with one attached hydrogen (secondary N) is 3. The molecule has 8 heteroatoms. The van der Waals surface area contributed by atoms with E-state index in [1.54, 1.807) is 22.8 Å². The number of para-hydroxylation sites is 1. The number of carbonyl (C=O) groups is 1. The number of hydrogen-bond acceptors (Lipinski definition) is 4. The highest BCUT2D eigenvalue weighted by Gasteiger charge is 2.17. The van der Waals surface area contributed by atoms with Crippen LogP contribution in [0, 0.1) is 4.77 Å². The van der Waals surface area contributed by atoms with E-state index in [2.05, 4.69) is 21.4 Å². The van der Waals surface area contributed by atoms with E-state index >= 15 is 0 Å². The quantitative estimate of drug-likeness (QED) is 0.392. The van der Waals surface area contributed by atoms with E-state index in [1.807, 2.05) is 24.4 Å². The summed E-state index contributed by atoms with van der Waals surface area (Å²) in [7, 11) is 0. The van der Waals surface area contributed by atoms with Crippen molar-refractivity contribution in [2.24, 2.45) is 0 Å². The summed E-state index contributed by atoms with van der Waals surface area (Å²) in [6.45, 7) is 1.71. The standard InChI is InChI=1S/C24H24N4O3S/c29-22(26-14-17-4-3-11-31-17)15-7-8-19-21(12-15)27-24(32)28(23(19)30)10-9-16-13-25-20-6-2-1-5-18(16)20/h1-2,5-8,12-13,17,25H,3-4,9-11,14H2,(H,26,29)(H,27,32). The van der Waals surface area contributed by atoms with Gasteiger partial charge < -0.3 is 20.0 Å². The molecule has 1 atom stereocenters. The van der Waals surface area contributed by atoms with Gasteiger partial charge in [-0.3, -0.25) is 14.2 Å². The van der Waals surface area contributed by atoms with Crippen LogP contribution in [0.15, 0.2) is 53.5 Å². The van der Waals surface area contributed by atoms with Crippen LogP contribution in [0.1, 0.15) is 28.8 Å². The average molecular weight is 449 g/mol. The molecule has 3 heterocycles. The van der Waals surface area contributed by atoms with Gasteiger partial charge in [0.15, 0.2) is 4.77 Å². The van der Waals surface area contributed by atoms with Crippen molar-refractivity contribution in [3.8, 4) is 0 Å². The molecule has 32 heavy (non-hydrogen) atoms. The van der Waals surface area contributed by atoms with Crippen molar-refractivity contribution in [1.82, 2.24) is 19.9 Å². The van der Waals surface area contributed by atoms with Gasteiger partial charge in [0.25, 0.3) is 11.5 Å². The molecule has 0 aliphatic carbocycles. The second kappa shape index (κ2) is 8.72. The summed E-state index contributed by atoms with van der Waals surface area (Å²) in [4.78, 5) is 32.0.